The van der Waals surface area contributed by atoms with Crippen molar-refractivity contribution in [3.63, 3.8) is 0 Å². The van der Waals surface area contributed by atoms with Gasteiger partial charge in [-0.2, -0.15) is 0 Å². The highest BCUT2D eigenvalue weighted by molar-refractivity contribution is 7.99. The molecule has 2 rings (SSSR count). The second-order valence-electron chi connectivity index (χ2n) is 4.12. The zero-order chi connectivity index (χ0) is 15.2. The van der Waals surface area contributed by atoms with Gasteiger partial charge < -0.3 is 14.0 Å². The largest absolute Gasteiger partial charge is 0.496 e. The van der Waals surface area contributed by atoms with Gasteiger partial charge in [0.15, 0.2) is 11.0 Å². The van der Waals surface area contributed by atoms with Crippen molar-refractivity contribution < 1.29 is 14.3 Å². The Morgan fingerprint density at radius 2 is 2.05 bits per heavy atom. The zero-order valence-electron chi connectivity index (χ0n) is 12.2. The summed E-state index contributed by atoms with van der Waals surface area (Å²) in [6, 6.07) is 7.64. The molecule has 0 bridgehead atoms. The van der Waals surface area contributed by atoms with Crippen LogP contribution in [0.15, 0.2) is 29.4 Å². The predicted octanol–water partition coefficient (Wildman–Crippen LogP) is 2.24. The van der Waals surface area contributed by atoms with Gasteiger partial charge in [0.2, 0.25) is 0 Å². The fourth-order valence-electron chi connectivity index (χ4n) is 1.89. The summed E-state index contributed by atoms with van der Waals surface area (Å²) in [6.07, 6.45) is 0. The second kappa shape index (κ2) is 7.12. The van der Waals surface area contributed by atoms with Gasteiger partial charge in [-0.25, -0.2) is 0 Å². The number of nitrogens with zero attached hydrogens (tertiary/aromatic N) is 3. The van der Waals surface area contributed by atoms with Gasteiger partial charge in [0.25, 0.3) is 0 Å². The van der Waals surface area contributed by atoms with Gasteiger partial charge in [-0.1, -0.05) is 23.9 Å². The highest BCUT2D eigenvalue weighted by atomic mass is 32.2. The molecule has 0 saturated carbocycles. The Balaban J connectivity index is 2.33. The molecule has 0 radical (unpaired) electrons. The number of methoxy groups -OCH3 is 2. The van der Waals surface area contributed by atoms with Crippen LogP contribution in [0, 0.1) is 0 Å². The van der Waals surface area contributed by atoms with Crippen LogP contribution in [0.1, 0.15) is 6.92 Å². The fraction of sp³-hybridized carbons (Fsp3) is 0.357. The number of thioether (sulfide) groups is 1. The quantitative estimate of drug-likeness (QED) is 0.602. The van der Waals surface area contributed by atoms with E-state index in [-0.39, 0.29) is 11.7 Å². The van der Waals surface area contributed by atoms with Crippen molar-refractivity contribution in [2.24, 2.45) is 0 Å². The van der Waals surface area contributed by atoms with Gasteiger partial charge >= 0.3 is 5.97 Å². The molecular weight excluding hydrogens is 290 g/mol. The standard InChI is InChI=1S/C14H17N3O3S/c1-4-17-13(10-7-5-6-8-11(10)19-2)15-16-14(17)21-9-12(18)20-3/h5-8H,4,9H2,1-3H3. The van der Waals surface area contributed by atoms with E-state index in [2.05, 4.69) is 14.9 Å². The van der Waals surface area contributed by atoms with Crippen molar-refractivity contribution >= 4 is 17.7 Å². The van der Waals surface area contributed by atoms with Crippen molar-refractivity contribution in [2.75, 3.05) is 20.0 Å². The van der Waals surface area contributed by atoms with Crippen LogP contribution in [0.25, 0.3) is 11.4 Å². The Labute approximate surface area is 127 Å². The molecule has 1 heterocycles. The highest BCUT2D eigenvalue weighted by Crippen LogP contribution is 2.30. The third-order valence-electron chi connectivity index (χ3n) is 2.93. The van der Waals surface area contributed by atoms with Crippen LogP contribution < -0.4 is 4.74 Å². The molecule has 1 aromatic carbocycles. The first kappa shape index (κ1) is 15.4. The molecule has 21 heavy (non-hydrogen) atoms. The van der Waals surface area contributed by atoms with E-state index in [0.717, 1.165) is 17.1 Å². The Morgan fingerprint density at radius 1 is 1.29 bits per heavy atom. The summed E-state index contributed by atoms with van der Waals surface area (Å²) < 4.78 is 11.9. The van der Waals surface area contributed by atoms with Crippen LogP contribution in [0.4, 0.5) is 0 Å². The van der Waals surface area contributed by atoms with E-state index in [0.29, 0.717) is 11.7 Å². The van der Waals surface area contributed by atoms with Gasteiger partial charge in [0.05, 0.1) is 25.5 Å². The van der Waals surface area contributed by atoms with E-state index in [1.807, 2.05) is 35.8 Å². The van der Waals surface area contributed by atoms with Gasteiger partial charge in [0.1, 0.15) is 5.75 Å². The molecule has 0 fully saturated rings. The van der Waals surface area contributed by atoms with E-state index in [9.17, 15) is 4.79 Å². The molecular formula is C14H17N3O3S. The molecule has 0 aliphatic heterocycles. The minimum absolute atomic E-state index is 0.209. The minimum Gasteiger partial charge on any atom is -0.496 e. The van der Waals surface area contributed by atoms with Crippen LogP contribution in [0.3, 0.4) is 0 Å². The number of para-hydroxylation sites is 1. The van der Waals surface area contributed by atoms with Crippen LogP contribution in [-0.2, 0) is 16.1 Å². The van der Waals surface area contributed by atoms with Crippen molar-refractivity contribution in [3.8, 4) is 17.1 Å². The van der Waals surface area contributed by atoms with Gasteiger partial charge in [0, 0.05) is 6.54 Å². The van der Waals surface area contributed by atoms with Crippen LogP contribution in [0.5, 0.6) is 5.75 Å². The number of esters is 1. The highest BCUT2D eigenvalue weighted by Gasteiger charge is 2.17. The molecule has 0 saturated heterocycles. The summed E-state index contributed by atoms with van der Waals surface area (Å²) in [5.41, 5.74) is 0.874. The summed E-state index contributed by atoms with van der Waals surface area (Å²) in [4.78, 5) is 11.2. The van der Waals surface area contributed by atoms with Crippen LogP contribution >= 0.6 is 11.8 Å². The number of carbonyl (C=O) groups excluding carboxylic acids is 1. The molecule has 1 aromatic heterocycles. The van der Waals surface area contributed by atoms with Crippen LogP contribution in [0.2, 0.25) is 0 Å². The molecule has 0 aliphatic carbocycles. The van der Waals surface area contributed by atoms with Gasteiger partial charge in [-0.05, 0) is 19.1 Å². The van der Waals surface area contributed by atoms with Crippen LogP contribution in [-0.4, -0.2) is 40.7 Å². The minimum atomic E-state index is -0.288. The second-order valence-corrected chi connectivity index (χ2v) is 5.06. The number of benzene rings is 1. The lowest BCUT2D eigenvalue weighted by atomic mass is 10.2. The maximum Gasteiger partial charge on any atom is 0.316 e. The van der Waals surface area contributed by atoms with Gasteiger partial charge in [-0.3, -0.25) is 4.79 Å². The van der Waals surface area contributed by atoms with E-state index < -0.39 is 0 Å². The lowest BCUT2D eigenvalue weighted by molar-refractivity contribution is -0.137. The Bertz CT molecular complexity index is 628. The first-order valence-electron chi connectivity index (χ1n) is 6.47. The molecule has 2 aromatic rings. The molecule has 6 nitrogen and oxygen atoms in total. The van der Waals surface area contributed by atoms with Crippen molar-refractivity contribution in [1.29, 1.82) is 0 Å². The Morgan fingerprint density at radius 3 is 2.71 bits per heavy atom. The monoisotopic (exact) mass is 307 g/mol. The average molecular weight is 307 g/mol. The first-order chi connectivity index (χ1) is 10.2. The van der Waals surface area contributed by atoms with E-state index in [1.54, 1.807) is 7.11 Å². The maximum absolute atomic E-state index is 11.2. The van der Waals surface area contributed by atoms with Gasteiger partial charge in [-0.15, -0.1) is 10.2 Å². The third kappa shape index (κ3) is 3.36. The summed E-state index contributed by atoms with van der Waals surface area (Å²) in [6.45, 7) is 2.70. The number of carbonyl (C=O) groups is 1. The molecule has 0 N–H and O–H groups in total. The Hall–Kier alpha value is -2.02. The normalized spacial score (nSPS) is 10.4. The average Bonchev–Trinajstić information content (AvgIpc) is 2.95. The molecule has 0 aliphatic rings. The molecule has 0 amide bonds. The lowest BCUT2D eigenvalue weighted by Gasteiger charge is -2.10. The SMILES string of the molecule is CCn1c(SCC(=O)OC)nnc1-c1ccccc1OC. The smallest absolute Gasteiger partial charge is 0.316 e. The number of ether oxygens (including phenoxy) is 2. The molecule has 0 unspecified atom stereocenters. The number of aromatic nitrogens is 3. The summed E-state index contributed by atoms with van der Waals surface area (Å²) in [5.74, 6) is 1.39. The lowest BCUT2D eigenvalue weighted by Crippen LogP contribution is -2.06. The summed E-state index contributed by atoms with van der Waals surface area (Å²) in [7, 11) is 2.99. The topological polar surface area (TPSA) is 66.2 Å². The van der Waals surface area contributed by atoms with E-state index in [1.165, 1.54) is 18.9 Å². The van der Waals surface area contributed by atoms with Crippen molar-refractivity contribution in [1.82, 2.24) is 14.8 Å². The van der Waals surface area contributed by atoms with E-state index >= 15 is 0 Å². The zero-order valence-corrected chi connectivity index (χ0v) is 13.0. The number of hydrogen-bond donors (Lipinski definition) is 0. The predicted molar refractivity (Wildman–Crippen MR) is 80.4 cm³/mol. The molecule has 0 spiro atoms. The summed E-state index contributed by atoms with van der Waals surface area (Å²) >= 11 is 1.31. The third-order valence-corrected chi connectivity index (χ3v) is 3.87. The number of rotatable bonds is 6. The van der Waals surface area contributed by atoms with Crippen molar-refractivity contribution in [2.45, 2.75) is 18.6 Å². The summed E-state index contributed by atoms with van der Waals surface area (Å²) in [5, 5.41) is 9.07. The molecule has 0 atom stereocenters. The number of hydrogen-bond acceptors (Lipinski definition) is 6. The fourth-order valence-corrected chi connectivity index (χ4v) is 2.73. The molecule has 112 valence electrons. The van der Waals surface area contributed by atoms with Crippen molar-refractivity contribution in [3.05, 3.63) is 24.3 Å². The molecule has 7 heteroatoms. The Kier molecular flexibility index (Phi) is 5.21. The first-order valence-corrected chi connectivity index (χ1v) is 7.46. The maximum atomic E-state index is 11.2. The van der Waals surface area contributed by atoms with E-state index in [4.69, 9.17) is 4.74 Å².